The first-order valence-corrected chi connectivity index (χ1v) is 5.77. The Bertz CT molecular complexity index is 347. The van der Waals surface area contributed by atoms with Crippen LogP contribution >= 0.6 is 11.6 Å². The van der Waals surface area contributed by atoms with Crippen LogP contribution in [0.1, 0.15) is 37.3 Å². The molecule has 1 aliphatic rings. The Morgan fingerprint density at radius 3 is 2.60 bits per heavy atom. The summed E-state index contributed by atoms with van der Waals surface area (Å²) in [4.78, 5) is 0. The first-order valence-electron chi connectivity index (χ1n) is 5.39. The van der Waals surface area contributed by atoms with Crippen molar-refractivity contribution in [3.05, 3.63) is 34.6 Å². The van der Waals surface area contributed by atoms with Gasteiger partial charge in [0, 0.05) is 6.04 Å². The van der Waals surface area contributed by atoms with Gasteiger partial charge in [-0.25, -0.2) is 4.39 Å². The van der Waals surface area contributed by atoms with E-state index in [0.717, 1.165) is 18.4 Å². The molecule has 0 aliphatic heterocycles. The van der Waals surface area contributed by atoms with E-state index in [2.05, 4.69) is 0 Å². The molecule has 82 valence electrons. The molecule has 3 heteroatoms. The fourth-order valence-electron chi connectivity index (χ4n) is 2.31. The van der Waals surface area contributed by atoms with Crippen LogP contribution in [0.2, 0.25) is 5.02 Å². The lowest BCUT2D eigenvalue weighted by Crippen LogP contribution is -2.19. The van der Waals surface area contributed by atoms with E-state index in [9.17, 15) is 4.39 Å². The Morgan fingerprint density at radius 2 is 2.00 bits per heavy atom. The molecule has 1 aliphatic carbocycles. The summed E-state index contributed by atoms with van der Waals surface area (Å²) in [7, 11) is 0. The average molecular weight is 228 g/mol. The summed E-state index contributed by atoms with van der Waals surface area (Å²) in [5.74, 6) is 0.133. The van der Waals surface area contributed by atoms with Crippen LogP contribution in [-0.2, 0) is 0 Å². The predicted molar refractivity (Wildman–Crippen MR) is 60.3 cm³/mol. The van der Waals surface area contributed by atoms with E-state index in [0.29, 0.717) is 5.92 Å². The molecule has 0 heterocycles. The highest BCUT2D eigenvalue weighted by atomic mass is 35.5. The van der Waals surface area contributed by atoms with Crippen molar-refractivity contribution >= 4 is 11.6 Å². The second kappa shape index (κ2) is 4.50. The summed E-state index contributed by atoms with van der Waals surface area (Å²) in [5.41, 5.74) is 6.97. The van der Waals surface area contributed by atoms with Gasteiger partial charge in [-0.3, -0.25) is 0 Å². The van der Waals surface area contributed by atoms with E-state index in [1.54, 1.807) is 6.07 Å². The molecule has 1 nitrogen and oxygen atoms in total. The molecule has 0 spiro atoms. The van der Waals surface area contributed by atoms with Crippen molar-refractivity contribution in [2.75, 3.05) is 0 Å². The zero-order valence-electron chi connectivity index (χ0n) is 8.55. The van der Waals surface area contributed by atoms with Crippen LogP contribution in [0, 0.1) is 11.7 Å². The van der Waals surface area contributed by atoms with Crippen molar-refractivity contribution in [1.82, 2.24) is 0 Å². The number of hydrogen-bond donors (Lipinski definition) is 1. The lowest BCUT2D eigenvalue weighted by molar-refractivity contribution is 0.443. The van der Waals surface area contributed by atoms with Crippen molar-refractivity contribution in [2.24, 2.45) is 11.7 Å². The van der Waals surface area contributed by atoms with Gasteiger partial charge in [0.15, 0.2) is 0 Å². The Hall–Kier alpha value is -0.600. The highest BCUT2D eigenvalue weighted by molar-refractivity contribution is 6.30. The van der Waals surface area contributed by atoms with Crippen LogP contribution in [0.15, 0.2) is 18.2 Å². The number of hydrogen-bond acceptors (Lipinski definition) is 1. The van der Waals surface area contributed by atoms with Gasteiger partial charge in [-0.2, -0.15) is 0 Å². The largest absolute Gasteiger partial charge is 0.324 e. The van der Waals surface area contributed by atoms with E-state index in [-0.39, 0.29) is 16.9 Å². The normalized spacial score (nSPS) is 19.4. The number of halogens is 2. The Labute approximate surface area is 94.4 Å². The van der Waals surface area contributed by atoms with Gasteiger partial charge in [0.05, 0.1) is 5.02 Å². The van der Waals surface area contributed by atoms with E-state index >= 15 is 0 Å². The van der Waals surface area contributed by atoms with Crippen LogP contribution in [0.3, 0.4) is 0 Å². The molecule has 0 bridgehead atoms. The molecule has 15 heavy (non-hydrogen) atoms. The Morgan fingerprint density at radius 1 is 1.33 bits per heavy atom. The molecule has 1 fully saturated rings. The number of rotatable bonds is 2. The maximum atomic E-state index is 13.2. The molecular formula is C12H15ClFN. The highest BCUT2D eigenvalue weighted by Gasteiger charge is 2.23. The van der Waals surface area contributed by atoms with Gasteiger partial charge in [0.2, 0.25) is 0 Å². The molecule has 1 saturated carbocycles. The second-order valence-corrected chi connectivity index (χ2v) is 4.65. The first-order chi connectivity index (χ1) is 7.18. The lowest BCUT2D eigenvalue weighted by Gasteiger charge is -2.19. The molecule has 0 aromatic heterocycles. The summed E-state index contributed by atoms with van der Waals surface area (Å²) in [6, 6.07) is 4.83. The number of nitrogens with two attached hydrogens (primary N) is 1. The third-order valence-electron chi connectivity index (χ3n) is 3.24. The standard InChI is InChI=1S/C12H15ClFN/c13-10-6-5-9(7-11(10)14)12(15)8-3-1-2-4-8/h5-8,12H,1-4,15H2. The summed E-state index contributed by atoms with van der Waals surface area (Å²) in [5, 5.41) is 0.164. The average Bonchev–Trinajstić information content (AvgIpc) is 2.74. The van der Waals surface area contributed by atoms with Crippen LogP contribution in [0.4, 0.5) is 4.39 Å². The summed E-state index contributed by atoms with van der Waals surface area (Å²) >= 11 is 5.63. The summed E-state index contributed by atoms with van der Waals surface area (Å²) in [6.45, 7) is 0. The Kier molecular flexibility index (Phi) is 3.27. The molecule has 2 N–H and O–H groups in total. The van der Waals surface area contributed by atoms with Crippen LogP contribution in [0.5, 0.6) is 0 Å². The van der Waals surface area contributed by atoms with Gasteiger partial charge in [-0.05, 0) is 36.5 Å². The molecular weight excluding hydrogens is 213 g/mol. The second-order valence-electron chi connectivity index (χ2n) is 4.24. The molecule has 0 radical (unpaired) electrons. The zero-order chi connectivity index (χ0) is 10.8. The van der Waals surface area contributed by atoms with Crippen molar-refractivity contribution in [1.29, 1.82) is 0 Å². The smallest absolute Gasteiger partial charge is 0.142 e. The lowest BCUT2D eigenvalue weighted by atomic mass is 9.92. The molecule has 0 saturated heterocycles. The fourth-order valence-corrected chi connectivity index (χ4v) is 2.43. The molecule has 1 aromatic carbocycles. The third kappa shape index (κ3) is 2.32. The maximum absolute atomic E-state index is 13.2. The van der Waals surface area contributed by atoms with Gasteiger partial charge >= 0.3 is 0 Å². The predicted octanol–water partition coefficient (Wildman–Crippen LogP) is 3.67. The first kappa shape index (κ1) is 10.9. The van der Waals surface area contributed by atoms with Crippen molar-refractivity contribution in [3.8, 4) is 0 Å². The van der Waals surface area contributed by atoms with E-state index in [1.165, 1.54) is 18.9 Å². The summed E-state index contributed by atoms with van der Waals surface area (Å²) < 4.78 is 13.2. The topological polar surface area (TPSA) is 26.0 Å². The molecule has 1 atom stereocenters. The molecule has 1 unspecified atom stereocenters. The van der Waals surface area contributed by atoms with Gasteiger partial charge < -0.3 is 5.73 Å². The van der Waals surface area contributed by atoms with Crippen molar-refractivity contribution in [3.63, 3.8) is 0 Å². The monoisotopic (exact) mass is 227 g/mol. The minimum atomic E-state index is -0.373. The van der Waals surface area contributed by atoms with Gasteiger partial charge in [-0.1, -0.05) is 30.5 Å². The summed E-state index contributed by atoms with van der Waals surface area (Å²) in [6.07, 6.45) is 4.81. The third-order valence-corrected chi connectivity index (χ3v) is 3.54. The molecule has 1 aromatic rings. The fraction of sp³-hybridized carbons (Fsp3) is 0.500. The van der Waals surface area contributed by atoms with Gasteiger partial charge in [-0.15, -0.1) is 0 Å². The Balaban J connectivity index is 2.17. The van der Waals surface area contributed by atoms with E-state index in [1.807, 2.05) is 6.07 Å². The van der Waals surface area contributed by atoms with Crippen LogP contribution in [-0.4, -0.2) is 0 Å². The van der Waals surface area contributed by atoms with Crippen molar-refractivity contribution in [2.45, 2.75) is 31.7 Å². The van der Waals surface area contributed by atoms with Gasteiger partial charge in [0.1, 0.15) is 5.82 Å². The quantitative estimate of drug-likeness (QED) is 0.820. The minimum Gasteiger partial charge on any atom is -0.324 e. The van der Waals surface area contributed by atoms with Crippen molar-refractivity contribution < 1.29 is 4.39 Å². The zero-order valence-corrected chi connectivity index (χ0v) is 9.30. The molecule has 0 amide bonds. The van der Waals surface area contributed by atoms with Crippen LogP contribution < -0.4 is 5.73 Å². The number of benzene rings is 1. The van der Waals surface area contributed by atoms with E-state index in [4.69, 9.17) is 17.3 Å². The highest BCUT2D eigenvalue weighted by Crippen LogP contribution is 2.34. The maximum Gasteiger partial charge on any atom is 0.142 e. The molecule has 2 rings (SSSR count). The minimum absolute atomic E-state index is 0.0423. The SMILES string of the molecule is NC(c1ccc(Cl)c(F)c1)C1CCCC1. The van der Waals surface area contributed by atoms with Crippen LogP contribution in [0.25, 0.3) is 0 Å². The van der Waals surface area contributed by atoms with Gasteiger partial charge in [0.25, 0.3) is 0 Å². The van der Waals surface area contributed by atoms with E-state index < -0.39 is 0 Å².